The molecular weight excluding hydrogens is 393 g/mol. The van der Waals surface area contributed by atoms with Crippen molar-refractivity contribution < 1.29 is 23.5 Å². The van der Waals surface area contributed by atoms with Crippen molar-refractivity contribution in [3.8, 4) is 5.75 Å². The fraction of sp³-hybridized carbons (Fsp3) is 0.200. The van der Waals surface area contributed by atoms with Crippen LogP contribution in [0.4, 0.5) is 15.8 Å². The maximum atomic E-state index is 13.2. The summed E-state index contributed by atoms with van der Waals surface area (Å²) in [5, 5.41) is 8.19. The number of halogens is 1. The number of primary amides is 2. The number of ether oxygens (including phenoxy) is 1. The van der Waals surface area contributed by atoms with E-state index in [2.05, 4.69) is 10.4 Å². The number of hydrogen-bond acceptors (Lipinski definition) is 6. The third-order valence-corrected chi connectivity index (χ3v) is 4.33. The molecule has 2 aromatic carbocycles. The third-order valence-electron chi connectivity index (χ3n) is 4.33. The smallest absolute Gasteiger partial charge is 0.272 e. The highest BCUT2D eigenvalue weighted by atomic mass is 19.1. The molecule has 0 saturated carbocycles. The summed E-state index contributed by atoms with van der Waals surface area (Å²) in [6.07, 6.45) is 0.0190. The Kier molecular flexibility index (Phi) is 6.26. The molecule has 1 aliphatic heterocycles. The highest BCUT2D eigenvalue weighted by Gasteiger charge is 2.35. The van der Waals surface area contributed by atoms with Crippen molar-refractivity contribution in [1.82, 2.24) is 0 Å². The summed E-state index contributed by atoms with van der Waals surface area (Å²) in [7, 11) is 0. The number of rotatable bonds is 8. The van der Waals surface area contributed by atoms with Crippen molar-refractivity contribution in [3.63, 3.8) is 0 Å². The molecule has 2 aromatic rings. The van der Waals surface area contributed by atoms with Gasteiger partial charge in [0, 0.05) is 6.42 Å². The van der Waals surface area contributed by atoms with E-state index in [1.807, 2.05) is 0 Å². The highest BCUT2D eigenvalue weighted by Crippen LogP contribution is 2.27. The van der Waals surface area contributed by atoms with Crippen molar-refractivity contribution in [1.29, 1.82) is 0 Å². The van der Waals surface area contributed by atoms with Gasteiger partial charge in [0.15, 0.2) is 0 Å². The van der Waals surface area contributed by atoms with Crippen LogP contribution >= 0.6 is 0 Å². The van der Waals surface area contributed by atoms with Gasteiger partial charge in [-0.05, 0) is 36.4 Å². The molecule has 0 saturated heterocycles. The molecule has 0 spiro atoms. The number of carbonyl (C=O) groups excluding carboxylic acids is 3. The topological polar surface area (TPSA) is 140 Å². The van der Waals surface area contributed by atoms with Crippen molar-refractivity contribution >= 4 is 34.8 Å². The Morgan fingerprint density at radius 2 is 1.83 bits per heavy atom. The molecular formula is C20H20FN5O4. The Morgan fingerprint density at radius 1 is 1.13 bits per heavy atom. The molecule has 156 valence electrons. The van der Waals surface area contributed by atoms with Gasteiger partial charge in [0.1, 0.15) is 23.3 Å². The monoisotopic (exact) mass is 413 g/mol. The van der Waals surface area contributed by atoms with E-state index in [1.54, 1.807) is 24.3 Å². The number of nitrogens with zero attached hydrogens (tertiary/aromatic N) is 2. The summed E-state index contributed by atoms with van der Waals surface area (Å²) >= 11 is 0. The molecule has 1 heterocycles. The van der Waals surface area contributed by atoms with E-state index in [4.69, 9.17) is 16.2 Å². The van der Waals surface area contributed by atoms with E-state index in [0.29, 0.717) is 17.1 Å². The highest BCUT2D eigenvalue weighted by molar-refractivity contribution is 6.44. The Hall–Kier alpha value is -3.95. The predicted molar refractivity (Wildman–Crippen MR) is 108 cm³/mol. The number of hydrazone groups is 1. The largest absolute Gasteiger partial charge is 0.491 e. The lowest BCUT2D eigenvalue weighted by Gasteiger charge is -2.20. The van der Waals surface area contributed by atoms with Crippen LogP contribution in [0.5, 0.6) is 5.75 Å². The SMILES string of the molecule is NC(=O)CCOc1ccccc1NC(=O)C1=NN(c2ccc(F)cc2)C(C(N)=O)C1. The van der Waals surface area contributed by atoms with Crippen LogP contribution in [0.3, 0.4) is 0 Å². The molecule has 3 amide bonds. The van der Waals surface area contributed by atoms with Gasteiger partial charge in [-0.25, -0.2) is 4.39 Å². The van der Waals surface area contributed by atoms with Gasteiger partial charge in [-0.2, -0.15) is 5.10 Å². The van der Waals surface area contributed by atoms with E-state index >= 15 is 0 Å². The van der Waals surface area contributed by atoms with Gasteiger partial charge in [-0.15, -0.1) is 0 Å². The fourth-order valence-corrected chi connectivity index (χ4v) is 2.85. The average molecular weight is 413 g/mol. The van der Waals surface area contributed by atoms with Crippen molar-refractivity contribution in [2.45, 2.75) is 18.9 Å². The summed E-state index contributed by atoms with van der Waals surface area (Å²) in [5.74, 6) is -1.80. The fourth-order valence-electron chi connectivity index (χ4n) is 2.85. The van der Waals surface area contributed by atoms with Gasteiger partial charge in [0.25, 0.3) is 5.91 Å². The molecule has 0 fully saturated rings. The van der Waals surface area contributed by atoms with Gasteiger partial charge in [-0.1, -0.05) is 12.1 Å². The summed E-state index contributed by atoms with van der Waals surface area (Å²) in [6.45, 7) is 0.0608. The number of anilines is 2. The zero-order valence-electron chi connectivity index (χ0n) is 15.9. The summed E-state index contributed by atoms with van der Waals surface area (Å²) in [5.41, 5.74) is 11.4. The molecule has 3 rings (SSSR count). The first-order valence-electron chi connectivity index (χ1n) is 9.08. The number of para-hydroxylation sites is 2. The minimum atomic E-state index is -0.877. The van der Waals surface area contributed by atoms with Gasteiger partial charge in [0.2, 0.25) is 11.8 Å². The number of nitrogens with one attached hydrogen (secondary N) is 1. The Bertz CT molecular complexity index is 993. The Morgan fingerprint density at radius 3 is 2.50 bits per heavy atom. The summed E-state index contributed by atoms with van der Waals surface area (Å²) < 4.78 is 18.7. The number of hydrogen-bond donors (Lipinski definition) is 3. The molecule has 0 aliphatic carbocycles. The standard InChI is InChI=1S/C20H20FN5O4/c21-12-5-7-13(8-6-12)26-16(19(23)28)11-15(25-26)20(29)24-14-3-1-2-4-17(14)30-10-9-18(22)27/h1-8,16H,9-11H2,(H2,22,27)(H2,23,28)(H,24,29). The van der Waals surface area contributed by atoms with Crippen molar-refractivity contribution in [2.24, 2.45) is 16.6 Å². The third kappa shape index (κ3) is 4.90. The van der Waals surface area contributed by atoms with Crippen LogP contribution in [0.1, 0.15) is 12.8 Å². The average Bonchev–Trinajstić information content (AvgIpc) is 3.15. The zero-order chi connectivity index (χ0) is 21.7. The van der Waals surface area contributed by atoms with E-state index in [0.717, 1.165) is 0 Å². The molecule has 1 aliphatic rings. The van der Waals surface area contributed by atoms with Gasteiger partial charge < -0.3 is 21.5 Å². The van der Waals surface area contributed by atoms with Crippen LogP contribution in [-0.2, 0) is 14.4 Å². The lowest BCUT2D eigenvalue weighted by molar-refractivity contribution is -0.119. The van der Waals surface area contributed by atoms with Crippen molar-refractivity contribution in [3.05, 3.63) is 54.3 Å². The number of amides is 3. The first-order valence-corrected chi connectivity index (χ1v) is 9.08. The number of nitrogens with two attached hydrogens (primary N) is 2. The van der Waals surface area contributed by atoms with Crippen LogP contribution in [0.15, 0.2) is 53.6 Å². The lowest BCUT2D eigenvalue weighted by Crippen LogP contribution is -2.39. The second-order valence-corrected chi connectivity index (χ2v) is 6.51. The molecule has 30 heavy (non-hydrogen) atoms. The Labute approximate surface area is 171 Å². The summed E-state index contributed by atoms with van der Waals surface area (Å²) in [4.78, 5) is 35.5. The predicted octanol–water partition coefficient (Wildman–Crippen LogP) is 1.14. The van der Waals surface area contributed by atoms with E-state index < -0.39 is 29.6 Å². The second-order valence-electron chi connectivity index (χ2n) is 6.51. The first-order chi connectivity index (χ1) is 14.3. The first kappa shape index (κ1) is 20.8. The van der Waals surface area contributed by atoms with Crippen LogP contribution in [0, 0.1) is 5.82 Å². The molecule has 10 heteroatoms. The van der Waals surface area contributed by atoms with Gasteiger partial charge >= 0.3 is 0 Å². The lowest BCUT2D eigenvalue weighted by atomic mass is 10.1. The maximum absolute atomic E-state index is 13.2. The van der Waals surface area contributed by atoms with Crippen LogP contribution in [0.2, 0.25) is 0 Å². The number of carbonyl (C=O) groups is 3. The molecule has 9 nitrogen and oxygen atoms in total. The maximum Gasteiger partial charge on any atom is 0.272 e. The van der Waals surface area contributed by atoms with E-state index in [-0.39, 0.29) is 25.2 Å². The quantitative estimate of drug-likeness (QED) is 0.595. The zero-order valence-corrected chi connectivity index (χ0v) is 15.9. The minimum Gasteiger partial charge on any atom is -0.491 e. The molecule has 1 unspecified atom stereocenters. The van der Waals surface area contributed by atoms with E-state index in [9.17, 15) is 18.8 Å². The molecule has 5 N–H and O–H groups in total. The molecule has 0 radical (unpaired) electrons. The van der Waals surface area contributed by atoms with Crippen molar-refractivity contribution in [2.75, 3.05) is 16.9 Å². The minimum absolute atomic E-state index is 0.0107. The second kappa shape index (κ2) is 9.03. The Balaban J connectivity index is 1.77. The number of benzene rings is 2. The van der Waals surface area contributed by atoms with Crippen LogP contribution in [-0.4, -0.2) is 36.1 Å². The normalized spacial score (nSPS) is 15.4. The van der Waals surface area contributed by atoms with Gasteiger partial charge in [-0.3, -0.25) is 19.4 Å². The van der Waals surface area contributed by atoms with Crippen LogP contribution < -0.4 is 26.5 Å². The van der Waals surface area contributed by atoms with Gasteiger partial charge in [0.05, 0.1) is 24.4 Å². The van der Waals surface area contributed by atoms with Crippen LogP contribution in [0.25, 0.3) is 0 Å². The van der Waals surface area contributed by atoms with E-state index in [1.165, 1.54) is 29.3 Å². The summed E-state index contributed by atoms with van der Waals surface area (Å²) in [6, 6.07) is 11.1. The molecule has 0 bridgehead atoms. The molecule has 0 aromatic heterocycles. The molecule has 1 atom stereocenters.